The maximum absolute atomic E-state index is 13.2. The molecule has 0 aliphatic heterocycles. The molecule has 0 aliphatic carbocycles. The van der Waals surface area contributed by atoms with Crippen molar-refractivity contribution in [2.24, 2.45) is 0 Å². The van der Waals surface area contributed by atoms with Gasteiger partial charge in [-0.05, 0) is 49.9 Å². The van der Waals surface area contributed by atoms with E-state index >= 15 is 0 Å². The van der Waals surface area contributed by atoms with Crippen molar-refractivity contribution in [3.05, 3.63) is 29.1 Å². The van der Waals surface area contributed by atoms with Crippen molar-refractivity contribution >= 4 is 10.0 Å². The van der Waals surface area contributed by atoms with E-state index in [-0.39, 0.29) is 4.90 Å². The Balaban J connectivity index is 2.55. The first-order valence-electron chi connectivity index (χ1n) is 7.22. The molecular weight excluding hydrogens is 293 g/mol. The van der Waals surface area contributed by atoms with Crippen LogP contribution in [-0.2, 0) is 14.8 Å². The number of benzene rings is 1. The van der Waals surface area contributed by atoms with E-state index in [1.165, 1.54) is 12.1 Å². The summed E-state index contributed by atoms with van der Waals surface area (Å²) < 4.78 is 45.6. The molecule has 1 rings (SSSR count). The Labute approximate surface area is 126 Å². The smallest absolute Gasteiger partial charge is 0.241 e. The number of ether oxygens (including phenoxy) is 1. The number of halogens is 1. The molecule has 0 bridgehead atoms. The van der Waals surface area contributed by atoms with Gasteiger partial charge in [-0.2, -0.15) is 0 Å². The average Bonchev–Trinajstić information content (AvgIpc) is 2.35. The SMILES string of the molecule is CCCCOCCCNS(=O)(=O)c1c(C)cc(F)cc1C. The number of unbranched alkanes of at least 4 members (excludes halogenated alkanes) is 1. The van der Waals surface area contributed by atoms with Gasteiger partial charge in [0.1, 0.15) is 5.82 Å². The maximum Gasteiger partial charge on any atom is 0.241 e. The van der Waals surface area contributed by atoms with E-state index in [2.05, 4.69) is 11.6 Å². The van der Waals surface area contributed by atoms with Gasteiger partial charge in [-0.3, -0.25) is 0 Å². The molecule has 1 aromatic carbocycles. The van der Waals surface area contributed by atoms with Gasteiger partial charge < -0.3 is 4.74 Å². The molecule has 120 valence electrons. The molecule has 0 heterocycles. The molecule has 0 amide bonds. The van der Waals surface area contributed by atoms with Gasteiger partial charge in [0.15, 0.2) is 0 Å². The van der Waals surface area contributed by atoms with Gasteiger partial charge in [0.05, 0.1) is 4.90 Å². The Hall–Kier alpha value is -0.980. The molecule has 6 heteroatoms. The summed E-state index contributed by atoms with van der Waals surface area (Å²) in [4.78, 5) is 0.163. The zero-order chi connectivity index (χ0) is 15.9. The number of hydrogen-bond donors (Lipinski definition) is 1. The van der Waals surface area contributed by atoms with Crippen molar-refractivity contribution in [2.45, 2.75) is 44.9 Å². The molecule has 21 heavy (non-hydrogen) atoms. The van der Waals surface area contributed by atoms with Crippen LogP contribution in [-0.4, -0.2) is 28.2 Å². The topological polar surface area (TPSA) is 55.4 Å². The minimum atomic E-state index is -3.61. The van der Waals surface area contributed by atoms with Crippen LogP contribution in [0.15, 0.2) is 17.0 Å². The number of hydrogen-bond acceptors (Lipinski definition) is 3. The van der Waals surface area contributed by atoms with Crippen LogP contribution in [0.1, 0.15) is 37.3 Å². The van der Waals surface area contributed by atoms with E-state index in [0.717, 1.165) is 12.8 Å². The monoisotopic (exact) mass is 317 g/mol. The van der Waals surface area contributed by atoms with Crippen molar-refractivity contribution < 1.29 is 17.5 Å². The molecular formula is C15H24FNO3S. The minimum Gasteiger partial charge on any atom is -0.381 e. The maximum atomic E-state index is 13.2. The van der Waals surface area contributed by atoms with Gasteiger partial charge in [0.2, 0.25) is 10.0 Å². The molecule has 0 aliphatic rings. The summed E-state index contributed by atoms with van der Waals surface area (Å²) in [5.41, 5.74) is 0.832. The molecule has 0 radical (unpaired) electrons. The first-order valence-corrected chi connectivity index (χ1v) is 8.71. The average molecular weight is 317 g/mol. The standard InChI is InChI=1S/C15H24FNO3S/c1-4-5-8-20-9-6-7-17-21(18,19)15-12(2)10-14(16)11-13(15)3/h10-11,17H,4-9H2,1-3H3. The molecule has 0 aromatic heterocycles. The second kappa shape index (κ2) is 8.46. The second-order valence-electron chi connectivity index (χ2n) is 5.09. The van der Waals surface area contributed by atoms with Crippen LogP contribution in [0.5, 0.6) is 0 Å². The highest BCUT2D eigenvalue weighted by atomic mass is 32.2. The lowest BCUT2D eigenvalue weighted by atomic mass is 10.1. The predicted octanol–water partition coefficient (Wildman–Crippen LogP) is 2.93. The van der Waals surface area contributed by atoms with Gasteiger partial charge in [-0.1, -0.05) is 13.3 Å². The van der Waals surface area contributed by atoms with E-state index in [4.69, 9.17) is 4.74 Å². The Morgan fingerprint density at radius 2 is 1.71 bits per heavy atom. The summed E-state index contributed by atoms with van der Waals surface area (Å²) in [6.45, 7) is 6.83. The molecule has 0 saturated heterocycles. The van der Waals surface area contributed by atoms with Crippen LogP contribution < -0.4 is 4.72 Å². The van der Waals surface area contributed by atoms with Gasteiger partial charge in [-0.25, -0.2) is 17.5 Å². The number of sulfonamides is 1. The Bertz CT molecular complexity index is 535. The highest BCUT2D eigenvalue weighted by Gasteiger charge is 2.19. The summed E-state index contributed by atoms with van der Waals surface area (Å²) in [6, 6.07) is 2.46. The Morgan fingerprint density at radius 1 is 1.14 bits per heavy atom. The molecule has 4 nitrogen and oxygen atoms in total. The molecule has 0 fully saturated rings. The summed E-state index contributed by atoms with van der Waals surface area (Å²) in [6.07, 6.45) is 2.71. The van der Waals surface area contributed by atoms with E-state index in [9.17, 15) is 12.8 Å². The predicted molar refractivity (Wildman–Crippen MR) is 81.4 cm³/mol. The van der Waals surface area contributed by atoms with E-state index in [0.29, 0.717) is 37.3 Å². The molecule has 0 spiro atoms. The third-order valence-electron chi connectivity index (χ3n) is 3.09. The molecule has 0 unspecified atom stereocenters. The fourth-order valence-electron chi connectivity index (χ4n) is 2.12. The Morgan fingerprint density at radius 3 is 2.29 bits per heavy atom. The fourth-order valence-corrected chi connectivity index (χ4v) is 3.65. The molecule has 0 atom stereocenters. The van der Waals surface area contributed by atoms with Crippen LogP contribution in [0, 0.1) is 19.7 Å². The van der Waals surface area contributed by atoms with Crippen molar-refractivity contribution in [1.82, 2.24) is 4.72 Å². The normalized spacial score (nSPS) is 11.8. The van der Waals surface area contributed by atoms with Crippen molar-refractivity contribution in [3.8, 4) is 0 Å². The molecule has 1 N–H and O–H groups in total. The van der Waals surface area contributed by atoms with Crippen LogP contribution in [0.3, 0.4) is 0 Å². The van der Waals surface area contributed by atoms with E-state index < -0.39 is 15.8 Å². The largest absolute Gasteiger partial charge is 0.381 e. The van der Waals surface area contributed by atoms with Gasteiger partial charge in [0, 0.05) is 19.8 Å². The summed E-state index contributed by atoms with van der Waals surface area (Å²) in [7, 11) is -3.61. The zero-order valence-electron chi connectivity index (χ0n) is 12.9. The number of nitrogens with one attached hydrogen (secondary N) is 1. The molecule has 1 aromatic rings. The summed E-state index contributed by atoms with van der Waals surface area (Å²) in [5, 5.41) is 0. The lowest BCUT2D eigenvalue weighted by Crippen LogP contribution is -2.27. The van der Waals surface area contributed by atoms with Crippen LogP contribution in [0.25, 0.3) is 0 Å². The minimum absolute atomic E-state index is 0.163. The Kier molecular flexibility index (Phi) is 7.28. The lowest BCUT2D eigenvalue weighted by Gasteiger charge is -2.12. The fraction of sp³-hybridized carbons (Fsp3) is 0.600. The van der Waals surface area contributed by atoms with Crippen molar-refractivity contribution in [1.29, 1.82) is 0 Å². The number of aryl methyl sites for hydroxylation is 2. The zero-order valence-corrected chi connectivity index (χ0v) is 13.7. The summed E-state index contributed by atoms with van der Waals surface area (Å²) in [5.74, 6) is -0.423. The second-order valence-corrected chi connectivity index (χ2v) is 6.79. The van der Waals surface area contributed by atoms with Gasteiger partial charge in [0.25, 0.3) is 0 Å². The third kappa shape index (κ3) is 5.73. The number of rotatable bonds is 9. The van der Waals surface area contributed by atoms with Crippen molar-refractivity contribution in [2.75, 3.05) is 19.8 Å². The van der Waals surface area contributed by atoms with Crippen LogP contribution in [0.2, 0.25) is 0 Å². The van der Waals surface area contributed by atoms with Gasteiger partial charge >= 0.3 is 0 Å². The quantitative estimate of drug-likeness (QED) is 0.713. The third-order valence-corrected chi connectivity index (χ3v) is 4.86. The van der Waals surface area contributed by atoms with Crippen LogP contribution in [0.4, 0.5) is 4.39 Å². The first-order chi connectivity index (χ1) is 9.88. The van der Waals surface area contributed by atoms with Crippen molar-refractivity contribution in [3.63, 3.8) is 0 Å². The molecule has 0 saturated carbocycles. The first kappa shape index (κ1) is 18.1. The van der Waals surface area contributed by atoms with E-state index in [1.54, 1.807) is 13.8 Å². The van der Waals surface area contributed by atoms with Gasteiger partial charge in [-0.15, -0.1) is 0 Å². The lowest BCUT2D eigenvalue weighted by molar-refractivity contribution is 0.130. The van der Waals surface area contributed by atoms with E-state index in [1.807, 2.05) is 0 Å². The highest BCUT2D eigenvalue weighted by Crippen LogP contribution is 2.21. The van der Waals surface area contributed by atoms with Crippen LogP contribution >= 0.6 is 0 Å². The highest BCUT2D eigenvalue weighted by molar-refractivity contribution is 7.89. The summed E-state index contributed by atoms with van der Waals surface area (Å²) >= 11 is 0.